The number of sulfonamides is 1. The maximum absolute atomic E-state index is 12.2. The number of ether oxygens (including phenoxy) is 1. The minimum atomic E-state index is -3.32. The number of hydrogen-bond acceptors (Lipinski definition) is 4. The van der Waals surface area contributed by atoms with Crippen molar-refractivity contribution in [1.29, 1.82) is 0 Å². The molecule has 5 nitrogen and oxygen atoms in total. The van der Waals surface area contributed by atoms with Gasteiger partial charge in [0.15, 0.2) is 0 Å². The van der Waals surface area contributed by atoms with Gasteiger partial charge in [-0.05, 0) is 27.2 Å². The van der Waals surface area contributed by atoms with Crippen molar-refractivity contribution >= 4 is 10.0 Å². The quantitative estimate of drug-likeness (QED) is 0.756. The zero-order chi connectivity index (χ0) is 14.0. The lowest BCUT2D eigenvalue weighted by Gasteiger charge is -2.30. The lowest BCUT2D eigenvalue weighted by Crippen LogP contribution is -2.54. The van der Waals surface area contributed by atoms with Gasteiger partial charge in [-0.25, -0.2) is 13.1 Å². The smallest absolute Gasteiger partial charge is 0.216 e. The van der Waals surface area contributed by atoms with Crippen LogP contribution in [0.1, 0.15) is 41.0 Å². The summed E-state index contributed by atoms with van der Waals surface area (Å²) in [5, 5.41) is 2.70. The van der Waals surface area contributed by atoms with Crippen LogP contribution < -0.4 is 10.0 Å². The second-order valence-corrected chi connectivity index (χ2v) is 7.80. The van der Waals surface area contributed by atoms with Gasteiger partial charge in [0.05, 0.1) is 16.9 Å². The van der Waals surface area contributed by atoms with Crippen LogP contribution in [-0.4, -0.2) is 44.5 Å². The van der Waals surface area contributed by atoms with Crippen LogP contribution in [0.15, 0.2) is 0 Å². The molecule has 1 aliphatic rings. The maximum atomic E-state index is 12.2. The molecule has 0 aliphatic carbocycles. The Balaban J connectivity index is 2.64. The summed E-state index contributed by atoms with van der Waals surface area (Å²) in [5.41, 5.74) is -0.481. The Hall–Kier alpha value is -0.170. The van der Waals surface area contributed by atoms with Crippen molar-refractivity contribution in [2.45, 2.75) is 64.0 Å². The first kappa shape index (κ1) is 15.9. The fourth-order valence-electron chi connectivity index (χ4n) is 1.91. The summed E-state index contributed by atoms with van der Waals surface area (Å²) in [6.45, 7) is 10.6. The van der Waals surface area contributed by atoms with Gasteiger partial charge in [0, 0.05) is 19.2 Å². The van der Waals surface area contributed by atoms with E-state index in [0.717, 1.165) is 6.42 Å². The molecule has 0 aromatic rings. The second kappa shape index (κ2) is 5.86. The molecule has 0 radical (unpaired) electrons. The third-order valence-electron chi connectivity index (χ3n) is 3.61. The molecular formula is C12H26N2O3S. The van der Waals surface area contributed by atoms with E-state index in [-0.39, 0.29) is 12.1 Å². The first-order valence-corrected chi connectivity index (χ1v) is 8.10. The highest BCUT2D eigenvalue weighted by molar-refractivity contribution is 7.90. The van der Waals surface area contributed by atoms with Crippen LogP contribution in [0.25, 0.3) is 0 Å². The van der Waals surface area contributed by atoms with E-state index in [2.05, 4.69) is 10.0 Å². The van der Waals surface area contributed by atoms with E-state index in [1.54, 1.807) is 6.92 Å². The lowest BCUT2D eigenvalue weighted by molar-refractivity contribution is 0.0956. The minimum absolute atomic E-state index is 0.0856. The zero-order valence-corrected chi connectivity index (χ0v) is 12.8. The molecule has 1 aliphatic heterocycles. The summed E-state index contributed by atoms with van der Waals surface area (Å²) in [6, 6.07) is 0.284. The van der Waals surface area contributed by atoms with Crippen LogP contribution in [-0.2, 0) is 14.8 Å². The standard InChI is InChI=1S/C12H26N2O3S/c1-9(2)13-8-10(3)18(15,16)14-12(5)6-7-17-11(12)4/h9-11,13-14H,6-8H2,1-5H3. The maximum Gasteiger partial charge on any atom is 0.216 e. The molecule has 1 rings (SSSR count). The van der Waals surface area contributed by atoms with Gasteiger partial charge in [0.1, 0.15) is 0 Å². The van der Waals surface area contributed by atoms with Gasteiger partial charge in [-0.1, -0.05) is 13.8 Å². The largest absolute Gasteiger partial charge is 0.376 e. The highest BCUT2D eigenvalue weighted by Crippen LogP contribution is 2.26. The Kier molecular flexibility index (Phi) is 5.17. The fraction of sp³-hybridized carbons (Fsp3) is 1.00. The van der Waals surface area contributed by atoms with E-state index in [4.69, 9.17) is 4.74 Å². The minimum Gasteiger partial charge on any atom is -0.376 e. The van der Waals surface area contributed by atoms with Gasteiger partial charge in [-0.3, -0.25) is 0 Å². The van der Waals surface area contributed by atoms with Crippen molar-refractivity contribution in [3.63, 3.8) is 0 Å². The summed E-state index contributed by atoms with van der Waals surface area (Å²) in [6.07, 6.45) is 0.634. The fourth-order valence-corrected chi connectivity index (χ4v) is 3.34. The van der Waals surface area contributed by atoms with Gasteiger partial charge < -0.3 is 10.1 Å². The number of rotatable bonds is 6. The van der Waals surface area contributed by atoms with Crippen LogP contribution in [0, 0.1) is 0 Å². The molecule has 1 saturated heterocycles. The van der Waals surface area contributed by atoms with Crippen LogP contribution in [0.4, 0.5) is 0 Å². The Bertz CT molecular complexity index is 370. The summed E-state index contributed by atoms with van der Waals surface area (Å²) in [5.74, 6) is 0. The zero-order valence-electron chi connectivity index (χ0n) is 12.0. The van der Waals surface area contributed by atoms with E-state index in [1.165, 1.54) is 0 Å². The Morgan fingerprint density at radius 1 is 1.39 bits per heavy atom. The van der Waals surface area contributed by atoms with Crippen molar-refractivity contribution in [3.8, 4) is 0 Å². The van der Waals surface area contributed by atoms with Gasteiger partial charge in [0.2, 0.25) is 10.0 Å². The number of nitrogens with one attached hydrogen (secondary N) is 2. The monoisotopic (exact) mass is 278 g/mol. The summed E-state index contributed by atoms with van der Waals surface area (Å²) < 4.78 is 32.7. The molecule has 108 valence electrons. The third-order valence-corrected chi connectivity index (χ3v) is 5.58. The van der Waals surface area contributed by atoms with Crippen LogP contribution >= 0.6 is 0 Å². The molecule has 0 amide bonds. The highest BCUT2D eigenvalue weighted by atomic mass is 32.2. The van der Waals surface area contributed by atoms with E-state index < -0.39 is 20.8 Å². The van der Waals surface area contributed by atoms with Crippen molar-refractivity contribution in [2.75, 3.05) is 13.2 Å². The average molecular weight is 278 g/mol. The van der Waals surface area contributed by atoms with Crippen molar-refractivity contribution in [3.05, 3.63) is 0 Å². The second-order valence-electron chi connectivity index (χ2n) is 5.70. The molecule has 0 bridgehead atoms. The van der Waals surface area contributed by atoms with Crippen LogP contribution in [0.5, 0.6) is 0 Å². The summed E-state index contributed by atoms with van der Waals surface area (Å²) >= 11 is 0. The predicted molar refractivity (Wildman–Crippen MR) is 73.1 cm³/mol. The Morgan fingerprint density at radius 3 is 2.44 bits per heavy atom. The normalized spacial score (nSPS) is 30.9. The Morgan fingerprint density at radius 2 is 2.00 bits per heavy atom. The number of hydrogen-bond donors (Lipinski definition) is 2. The molecule has 1 fully saturated rings. The third kappa shape index (κ3) is 3.91. The molecule has 0 aromatic carbocycles. The molecule has 0 spiro atoms. The first-order chi connectivity index (χ1) is 8.17. The van der Waals surface area contributed by atoms with Gasteiger partial charge in [-0.15, -0.1) is 0 Å². The molecule has 2 N–H and O–H groups in total. The lowest BCUT2D eigenvalue weighted by atomic mass is 9.97. The van der Waals surface area contributed by atoms with Gasteiger partial charge in [0.25, 0.3) is 0 Å². The average Bonchev–Trinajstić information content (AvgIpc) is 2.54. The van der Waals surface area contributed by atoms with Crippen LogP contribution in [0.2, 0.25) is 0 Å². The molecule has 1 heterocycles. The van der Waals surface area contributed by atoms with Crippen molar-refractivity contribution in [1.82, 2.24) is 10.0 Å². The SMILES string of the molecule is CC(C)NCC(C)S(=O)(=O)NC1(C)CCOC1C. The van der Waals surface area contributed by atoms with E-state index >= 15 is 0 Å². The van der Waals surface area contributed by atoms with Gasteiger partial charge >= 0.3 is 0 Å². The molecular weight excluding hydrogens is 252 g/mol. The van der Waals surface area contributed by atoms with Crippen LogP contribution in [0.3, 0.4) is 0 Å². The first-order valence-electron chi connectivity index (χ1n) is 6.55. The molecule has 0 saturated carbocycles. The molecule has 3 atom stereocenters. The van der Waals surface area contributed by atoms with E-state index in [1.807, 2.05) is 27.7 Å². The van der Waals surface area contributed by atoms with Gasteiger partial charge in [-0.2, -0.15) is 0 Å². The van der Waals surface area contributed by atoms with E-state index in [0.29, 0.717) is 13.2 Å². The Labute approximate surface area is 111 Å². The highest BCUT2D eigenvalue weighted by Gasteiger charge is 2.41. The summed E-state index contributed by atoms with van der Waals surface area (Å²) in [7, 11) is -3.32. The molecule has 3 unspecified atom stereocenters. The summed E-state index contributed by atoms with van der Waals surface area (Å²) in [4.78, 5) is 0. The van der Waals surface area contributed by atoms with E-state index in [9.17, 15) is 8.42 Å². The molecule has 0 aromatic heterocycles. The molecule has 18 heavy (non-hydrogen) atoms. The van der Waals surface area contributed by atoms with Crippen molar-refractivity contribution < 1.29 is 13.2 Å². The molecule has 6 heteroatoms. The topological polar surface area (TPSA) is 67.4 Å². The van der Waals surface area contributed by atoms with Crippen molar-refractivity contribution in [2.24, 2.45) is 0 Å². The predicted octanol–water partition coefficient (Wildman–Crippen LogP) is 0.860.